The lowest BCUT2D eigenvalue weighted by atomic mass is 10.2. The number of fused-ring (bicyclic) bond motifs is 1. The molecule has 0 spiro atoms. The second-order valence-electron chi connectivity index (χ2n) is 3.37. The molecule has 0 amide bonds. The molecule has 1 aromatic heterocycles. The van der Waals surface area contributed by atoms with Gasteiger partial charge in [0.25, 0.3) is 0 Å². The molecule has 0 unspecified atom stereocenters. The summed E-state index contributed by atoms with van der Waals surface area (Å²) in [5.74, 6) is -0.383. The lowest BCUT2D eigenvalue weighted by Gasteiger charge is -1.96. The summed E-state index contributed by atoms with van der Waals surface area (Å²) in [6.45, 7) is 2.10. The van der Waals surface area contributed by atoms with E-state index in [1.807, 2.05) is 0 Å². The van der Waals surface area contributed by atoms with Crippen LogP contribution in [0.25, 0.3) is 10.9 Å². The first kappa shape index (κ1) is 10.4. The third kappa shape index (κ3) is 1.82. The van der Waals surface area contributed by atoms with Crippen LogP contribution in [0.1, 0.15) is 27.8 Å². The predicted molar refractivity (Wildman–Crippen MR) is 59.6 cm³/mol. The highest BCUT2D eigenvalue weighted by molar-refractivity contribution is 5.96. The van der Waals surface area contributed by atoms with E-state index >= 15 is 0 Å². The molecule has 2 rings (SSSR count). The number of carbonyl (C=O) groups excluding carboxylic acids is 2. The molecular weight excluding hydrogens is 206 g/mol. The number of hydrogen-bond acceptors (Lipinski definition) is 3. The molecule has 0 bridgehead atoms. The van der Waals surface area contributed by atoms with Crippen molar-refractivity contribution < 1.29 is 14.3 Å². The summed E-state index contributed by atoms with van der Waals surface area (Å²) in [6.07, 6.45) is 0.768. The molecule has 0 atom stereocenters. The molecule has 0 fully saturated rings. The van der Waals surface area contributed by atoms with Crippen LogP contribution in [0, 0.1) is 0 Å². The van der Waals surface area contributed by atoms with Crippen LogP contribution >= 0.6 is 0 Å². The average molecular weight is 217 g/mol. The van der Waals surface area contributed by atoms with E-state index in [1.165, 1.54) is 0 Å². The summed E-state index contributed by atoms with van der Waals surface area (Å²) in [7, 11) is 0. The maximum absolute atomic E-state index is 11.4. The molecule has 4 nitrogen and oxygen atoms in total. The van der Waals surface area contributed by atoms with Gasteiger partial charge in [-0.3, -0.25) is 4.79 Å². The largest absolute Gasteiger partial charge is 0.461 e. The maximum atomic E-state index is 11.4. The number of benzene rings is 1. The fourth-order valence-corrected chi connectivity index (χ4v) is 1.54. The van der Waals surface area contributed by atoms with Gasteiger partial charge < -0.3 is 9.72 Å². The lowest BCUT2D eigenvalue weighted by Crippen LogP contribution is -2.04. The zero-order valence-corrected chi connectivity index (χ0v) is 8.82. The van der Waals surface area contributed by atoms with Gasteiger partial charge in [0.05, 0.1) is 6.61 Å². The van der Waals surface area contributed by atoms with Gasteiger partial charge >= 0.3 is 5.97 Å². The standard InChI is InChI=1S/C12H11NO3/c1-2-16-12(15)11-6-9-4-3-8(7-14)5-10(9)13-11/h3-7,13H,2H2,1H3. The van der Waals surface area contributed by atoms with Gasteiger partial charge in [0.2, 0.25) is 0 Å². The number of ether oxygens (including phenoxy) is 1. The van der Waals surface area contributed by atoms with Crippen molar-refractivity contribution in [1.29, 1.82) is 0 Å². The minimum Gasteiger partial charge on any atom is -0.461 e. The van der Waals surface area contributed by atoms with Crippen LogP contribution < -0.4 is 0 Å². The molecule has 2 aromatic rings. The van der Waals surface area contributed by atoms with E-state index in [4.69, 9.17) is 4.74 Å². The molecular formula is C12H11NO3. The minimum absolute atomic E-state index is 0.341. The van der Waals surface area contributed by atoms with Crippen LogP contribution in [0.4, 0.5) is 0 Å². The summed E-state index contributed by atoms with van der Waals surface area (Å²) in [6, 6.07) is 6.91. The average Bonchev–Trinajstić information content (AvgIpc) is 2.71. The van der Waals surface area contributed by atoms with Crippen LogP contribution in [0.3, 0.4) is 0 Å². The molecule has 1 heterocycles. The Labute approximate surface area is 92.2 Å². The van der Waals surface area contributed by atoms with Crippen molar-refractivity contribution in [3.8, 4) is 0 Å². The summed E-state index contributed by atoms with van der Waals surface area (Å²) in [4.78, 5) is 25.0. The van der Waals surface area contributed by atoms with Gasteiger partial charge in [-0.25, -0.2) is 4.79 Å². The Bertz CT molecular complexity index is 542. The van der Waals surface area contributed by atoms with Crippen molar-refractivity contribution in [2.45, 2.75) is 6.92 Å². The first-order valence-electron chi connectivity index (χ1n) is 4.99. The Morgan fingerprint density at radius 3 is 2.94 bits per heavy atom. The molecule has 0 radical (unpaired) electrons. The Morgan fingerprint density at radius 2 is 2.25 bits per heavy atom. The maximum Gasteiger partial charge on any atom is 0.354 e. The molecule has 4 heteroatoms. The van der Waals surface area contributed by atoms with Gasteiger partial charge in [-0.15, -0.1) is 0 Å². The van der Waals surface area contributed by atoms with Gasteiger partial charge in [-0.05, 0) is 19.1 Å². The number of carbonyl (C=O) groups is 2. The quantitative estimate of drug-likeness (QED) is 0.633. The highest BCUT2D eigenvalue weighted by atomic mass is 16.5. The van der Waals surface area contributed by atoms with Crippen molar-refractivity contribution in [1.82, 2.24) is 4.98 Å². The molecule has 82 valence electrons. The van der Waals surface area contributed by atoms with E-state index in [1.54, 1.807) is 31.2 Å². The van der Waals surface area contributed by atoms with Crippen molar-refractivity contribution >= 4 is 23.2 Å². The van der Waals surface area contributed by atoms with Crippen LogP contribution in [-0.2, 0) is 4.74 Å². The van der Waals surface area contributed by atoms with E-state index in [0.29, 0.717) is 17.9 Å². The van der Waals surface area contributed by atoms with Crippen LogP contribution in [0.5, 0.6) is 0 Å². The molecule has 0 aliphatic heterocycles. The Balaban J connectivity index is 2.43. The molecule has 1 aromatic carbocycles. The number of H-pyrrole nitrogens is 1. The van der Waals surface area contributed by atoms with Crippen LogP contribution in [0.15, 0.2) is 24.3 Å². The number of aromatic nitrogens is 1. The van der Waals surface area contributed by atoms with Crippen molar-refractivity contribution in [2.75, 3.05) is 6.61 Å². The molecule has 0 saturated carbocycles. The normalized spacial score (nSPS) is 10.3. The van der Waals surface area contributed by atoms with Gasteiger partial charge in [-0.2, -0.15) is 0 Å². The monoisotopic (exact) mass is 217 g/mol. The van der Waals surface area contributed by atoms with Crippen molar-refractivity contribution in [2.24, 2.45) is 0 Å². The Hall–Kier alpha value is -2.10. The van der Waals surface area contributed by atoms with Gasteiger partial charge in [-0.1, -0.05) is 12.1 Å². The van der Waals surface area contributed by atoms with Crippen LogP contribution in [0.2, 0.25) is 0 Å². The second-order valence-corrected chi connectivity index (χ2v) is 3.37. The molecule has 16 heavy (non-hydrogen) atoms. The number of aldehydes is 1. The molecule has 0 saturated heterocycles. The van der Waals surface area contributed by atoms with Gasteiger partial charge in [0, 0.05) is 16.5 Å². The van der Waals surface area contributed by atoms with E-state index in [9.17, 15) is 9.59 Å². The van der Waals surface area contributed by atoms with E-state index in [2.05, 4.69) is 4.98 Å². The first-order chi connectivity index (χ1) is 7.74. The van der Waals surface area contributed by atoms with Gasteiger partial charge in [0.15, 0.2) is 0 Å². The Kier molecular flexibility index (Phi) is 2.72. The lowest BCUT2D eigenvalue weighted by molar-refractivity contribution is 0.0520. The minimum atomic E-state index is -0.383. The fraction of sp³-hybridized carbons (Fsp3) is 0.167. The van der Waals surface area contributed by atoms with Crippen molar-refractivity contribution in [3.63, 3.8) is 0 Å². The summed E-state index contributed by atoms with van der Waals surface area (Å²) in [5.41, 5.74) is 1.73. The predicted octanol–water partition coefficient (Wildman–Crippen LogP) is 2.16. The zero-order valence-electron chi connectivity index (χ0n) is 8.82. The highest BCUT2D eigenvalue weighted by Crippen LogP contribution is 2.17. The fourth-order valence-electron chi connectivity index (χ4n) is 1.54. The number of rotatable bonds is 3. The summed E-state index contributed by atoms with van der Waals surface area (Å²) in [5, 5.41) is 0.883. The summed E-state index contributed by atoms with van der Waals surface area (Å²) < 4.78 is 4.87. The van der Waals surface area contributed by atoms with E-state index in [-0.39, 0.29) is 5.97 Å². The number of aromatic amines is 1. The zero-order chi connectivity index (χ0) is 11.5. The van der Waals surface area contributed by atoms with E-state index < -0.39 is 0 Å². The van der Waals surface area contributed by atoms with Crippen LogP contribution in [-0.4, -0.2) is 23.8 Å². The van der Waals surface area contributed by atoms with E-state index in [0.717, 1.165) is 17.2 Å². The first-order valence-corrected chi connectivity index (χ1v) is 4.99. The SMILES string of the molecule is CCOC(=O)c1cc2ccc(C=O)cc2[nH]1. The van der Waals surface area contributed by atoms with Gasteiger partial charge in [0.1, 0.15) is 12.0 Å². The highest BCUT2D eigenvalue weighted by Gasteiger charge is 2.10. The number of nitrogens with one attached hydrogen (secondary N) is 1. The molecule has 0 aliphatic carbocycles. The van der Waals surface area contributed by atoms with Crippen molar-refractivity contribution in [3.05, 3.63) is 35.5 Å². The Morgan fingerprint density at radius 1 is 1.44 bits per heavy atom. The number of esters is 1. The topological polar surface area (TPSA) is 59.2 Å². The second kappa shape index (κ2) is 4.18. The third-order valence-corrected chi connectivity index (χ3v) is 2.28. The molecule has 1 N–H and O–H groups in total. The summed E-state index contributed by atoms with van der Waals surface area (Å²) >= 11 is 0. The third-order valence-electron chi connectivity index (χ3n) is 2.28. The molecule has 0 aliphatic rings. The number of hydrogen-bond donors (Lipinski definition) is 1. The smallest absolute Gasteiger partial charge is 0.354 e.